The summed E-state index contributed by atoms with van der Waals surface area (Å²) in [6.07, 6.45) is 0.216. The van der Waals surface area contributed by atoms with Crippen molar-refractivity contribution in [1.29, 1.82) is 0 Å². The molecule has 0 amide bonds. The Morgan fingerprint density at radius 3 is 2.57 bits per heavy atom. The van der Waals surface area contributed by atoms with Crippen LogP contribution in [0, 0.1) is 0 Å². The minimum absolute atomic E-state index is 0.0397. The van der Waals surface area contributed by atoms with E-state index in [4.69, 9.17) is 4.74 Å². The fraction of sp³-hybridized carbons (Fsp3) is 0.368. The molecule has 2 atom stereocenters. The molecule has 1 aromatic heterocycles. The second-order valence-electron chi connectivity index (χ2n) is 7.69. The molecule has 2 heterocycles. The lowest BCUT2D eigenvalue weighted by Gasteiger charge is -2.14. The number of hydrogen-bond donors (Lipinski definition) is 2. The van der Waals surface area contributed by atoms with Crippen LogP contribution in [0.25, 0.3) is 0 Å². The largest absolute Gasteiger partial charge is 0.480 e. The first-order valence-corrected chi connectivity index (χ1v) is 11.1. The maximum Gasteiger partial charge on any atom is 0.325 e. The predicted molar refractivity (Wildman–Crippen MR) is 105 cm³/mol. The lowest BCUT2D eigenvalue weighted by Crippen LogP contribution is -2.44. The first-order chi connectivity index (χ1) is 13.1. The van der Waals surface area contributed by atoms with Gasteiger partial charge < -0.3 is 9.84 Å². The zero-order valence-corrected chi connectivity index (χ0v) is 17.0. The number of aliphatic imine (C=N–C) groups is 1. The summed E-state index contributed by atoms with van der Waals surface area (Å²) in [5.41, 5.74) is -1.07. The number of hydrogen-bond acceptors (Lipinski definition) is 6. The molecule has 7 nitrogen and oxygen atoms in total. The normalized spacial score (nSPS) is 25.8. The van der Waals surface area contributed by atoms with E-state index in [2.05, 4.69) is 9.71 Å². The maximum absolute atomic E-state index is 12.9. The lowest BCUT2D eigenvalue weighted by molar-refractivity contribution is -0.140. The summed E-state index contributed by atoms with van der Waals surface area (Å²) >= 11 is 1.02. The van der Waals surface area contributed by atoms with Crippen LogP contribution in [0.2, 0.25) is 0 Å². The second-order valence-corrected chi connectivity index (χ2v) is 10.7. The van der Waals surface area contributed by atoms with Gasteiger partial charge in [-0.1, -0.05) is 30.3 Å². The summed E-state index contributed by atoms with van der Waals surface area (Å²) in [5.74, 6) is -1.16. The van der Waals surface area contributed by atoms with Crippen molar-refractivity contribution in [3.8, 4) is 0 Å². The van der Waals surface area contributed by atoms with Gasteiger partial charge in [0, 0.05) is 5.92 Å². The fourth-order valence-electron chi connectivity index (χ4n) is 3.32. The van der Waals surface area contributed by atoms with Crippen molar-refractivity contribution >= 4 is 33.2 Å². The van der Waals surface area contributed by atoms with Crippen LogP contribution in [0.15, 0.2) is 51.7 Å². The van der Waals surface area contributed by atoms with E-state index >= 15 is 0 Å². The molecule has 1 aromatic carbocycles. The Labute approximate surface area is 167 Å². The van der Waals surface area contributed by atoms with Crippen LogP contribution in [-0.2, 0) is 19.6 Å². The van der Waals surface area contributed by atoms with E-state index in [1.54, 1.807) is 6.07 Å². The highest BCUT2D eigenvalue weighted by Crippen LogP contribution is 2.52. The number of thiophene rings is 1. The Morgan fingerprint density at radius 2 is 1.96 bits per heavy atom. The van der Waals surface area contributed by atoms with Crippen LogP contribution >= 0.6 is 11.3 Å². The van der Waals surface area contributed by atoms with Crippen molar-refractivity contribution in [3.63, 3.8) is 0 Å². The van der Waals surface area contributed by atoms with Crippen LogP contribution in [-0.4, -0.2) is 43.1 Å². The van der Waals surface area contributed by atoms with Crippen molar-refractivity contribution in [3.05, 3.63) is 52.9 Å². The minimum Gasteiger partial charge on any atom is -0.480 e. The van der Waals surface area contributed by atoms with Crippen molar-refractivity contribution in [2.45, 2.75) is 41.5 Å². The number of sulfonamides is 1. The topological polar surface area (TPSA) is 105 Å². The molecule has 1 aliphatic heterocycles. The highest BCUT2D eigenvalue weighted by atomic mass is 32.2. The number of carboxylic acid groups (broad SMARTS) is 1. The molecule has 4 rings (SSSR count). The fourth-order valence-corrected chi connectivity index (χ4v) is 5.98. The molecule has 1 saturated carbocycles. The van der Waals surface area contributed by atoms with Crippen LogP contribution in [0.4, 0.5) is 0 Å². The zero-order chi connectivity index (χ0) is 20.2. The van der Waals surface area contributed by atoms with Gasteiger partial charge in [0.15, 0.2) is 0 Å². The van der Waals surface area contributed by atoms with Gasteiger partial charge in [-0.15, -0.1) is 11.3 Å². The van der Waals surface area contributed by atoms with Gasteiger partial charge in [-0.25, -0.2) is 13.4 Å². The molecule has 28 heavy (non-hydrogen) atoms. The average molecular weight is 421 g/mol. The summed E-state index contributed by atoms with van der Waals surface area (Å²) in [5, 5.41) is 9.72. The third kappa shape index (κ3) is 3.34. The number of benzene rings is 1. The van der Waals surface area contributed by atoms with Gasteiger partial charge in [-0.05, 0) is 38.0 Å². The van der Waals surface area contributed by atoms with Crippen molar-refractivity contribution in [2.75, 3.05) is 6.61 Å². The number of nitrogens with zero attached hydrogens (tertiary/aromatic N) is 1. The highest BCUT2D eigenvalue weighted by molar-refractivity contribution is 7.91. The quantitative estimate of drug-likeness (QED) is 0.747. The van der Waals surface area contributed by atoms with Gasteiger partial charge in [0.25, 0.3) is 10.0 Å². The highest BCUT2D eigenvalue weighted by Gasteiger charge is 2.63. The Bertz CT molecular complexity index is 1060. The molecule has 2 aromatic rings. The van der Waals surface area contributed by atoms with Crippen molar-refractivity contribution < 1.29 is 23.1 Å². The molecular weight excluding hydrogens is 400 g/mol. The van der Waals surface area contributed by atoms with E-state index in [1.807, 2.05) is 44.2 Å². The average Bonchev–Trinajstić information content (AvgIpc) is 2.98. The van der Waals surface area contributed by atoms with Crippen LogP contribution in [0.5, 0.6) is 0 Å². The zero-order valence-electron chi connectivity index (χ0n) is 15.4. The number of ether oxygens (including phenoxy) is 1. The smallest absolute Gasteiger partial charge is 0.325 e. The first kappa shape index (κ1) is 19.1. The molecule has 0 saturated heterocycles. The van der Waals surface area contributed by atoms with E-state index < -0.39 is 27.4 Å². The van der Waals surface area contributed by atoms with Crippen LogP contribution < -0.4 is 4.72 Å². The molecular formula is C19H20N2O5S2. The van der Waals surface area contributed by atoms with Gasteiger partial charge in [0.1, 0.15) is 16.4 Å². The van der Waals surface area contributed by atoms with Gasteiger partial charge in [0.2, 0.25) is 5.90 Å². The van der Waals surface area contributed by atoms with E-state index in [-0.39, 0.29) is 16.2 Å². The molecule has 1 fully saturated rings. The van der Waals surface area contributed by atoms with Gasteiger partial charge in [0.05, 0.1) is 10.4 Å². The first-order valence-electron chi connectivity index (χ1n) is 8.78. The molecule has 0 radical (unpaired) electrons. The predicted octanol–water partition coefficient (Wildman–Crippen LogP) is 2.59. The Kier molecular flexibility index (Phi) is 4.36. The van der Waals surface area contributed by atoms with Crippen LogP contribution in [0.3, 0.4) is 0 Å². The number of rotatable bonds is 6. The number of nitrogens with one attached hydrogen (secondary N) is 1. The second kappa shape index (κ2) is 6.40. The SMILES string of the molecule is CC1(C)COC(c2ccc(S(=O)(=O)N[C@@]3(C(=O)O)C[C@H]3c3ccccc3)s2)=N1. The third-order valence-corrected chi connectivity index (χ3v) is 7.96. The molecule has 2 aliphatic rings. The molecule has 148 valence electrons. The molecule has 1 aliphatic carbocycles. The van der Waals surface area contributed by atoms with Crippen molar-refractivity contribution in [2.24, 2.45) is 4.99 Å². The monoisotopic (exact) mass is 420 g/mol. The number of carboxylic acids is 1. The summed E-state index contributed by atoms with van der Waals surface area (Å²) in [6.45, 7) is 4.29. The van der Waals surface area contributed by atoms with Crippen LogP contribution in [0.1, 0.15) is 36.6 Å². The Hall–Kier alpha value is -2.23. The lowest BCUT2D eigenvalue weighted by atomic mass is 10.1. The van der Waals surface area contributed by atoms with E-state index in [0.29, 0.717) is 17.4 Å². The molecule has 9 heteroatoms. The summed E-state index contributed by atoms with van der Waals surface area (Å²) in [6, 6.07) is 12.2. The van der Waals surface area contributed by atoms with Gasteiger partial charge in [-0.3, -0.25) is 4.79 Å². The third-order valence-electron chi connectivity index (χ3n) is 4.88. The minimum atomic E-state index is -4.00. The maximum atomic E-state index is 12.9. The summed E-state index contributed by atoms with van der Waals surface area (Å²) in [7, 11) is -4.00. The molecule has 2 N–H and O–H groups in total. The molecule has 0 unspecified atom stereocenters. The molecule has 0 spiro atoms. The Morgan fingerprint density at radius 1 is 1.25 bits per heavy atom. The standard InChI is InChI=1S/C19H20N2O5S2/c1-18(2)11-26-16(20-18)14-8-9-15(27-14)28(24,25)21-19(17(22)23)10-13(19)12-6-4-3-5-7-12/h3-9,13,21H,10-11H2,1-2H3,(H,22,23)/t13-,19-/m0/s1. The summed E-state index contributed by atoms with van der Waals surface area (Å²) in [4.78, 5) is 17.0. The van der Waals surface area contributed by atoms with E-state index in [9.17, 15) is 18.3 Å². The number of aliphatic carboxylic acids is 1. The Balaban J connectivity index is 1.59. The van der Waals surface area contributed by atoms with Crippen molar-refractivity contribution in [1.82, 2.24) is 4.72 Å². The van der Waals surface area contributed by atoms with Gasteiger partial charge >= 0.3 is 5.97 Å². The van der Waals surface area contributed by atoms with Gasteiger partial charge in [-0.2, -0.15) is 4.72 Å². The van der Waals surface area contributed by atoms with E-state index in [1.165, 1.54) is 6.07 Å². The number of carbonyl (C=O) groups is 1. The summed E-state index contributed by atoms with van der Waals surface area (Å²) < 4.78 is 33.8. The van der Waals surface area contributed by atoms with E-state index in [0.717, 1.165) is 16.9 Å². The molecule has 0 bridgehead atoms.